The van der Waals surface area contributed by atoms with Crippen LogP contribution >= 0.6 is 0 Å². The molecule has 1 aliphatic carbocycles. The van der Waals surface area contributed by atoms with Crippen LogP contribution in [0.1, 0.15) is 24.5 Å². The van der Waals surface area contributed by atoms with Gasteiger partial charge in [0.1, 0.15) is 11.6 Å². The van der Waals surface area contributed by atoms with Gasteiger partial charge in [-0.25, -0.2) is 0 Å². The number of nitrogens with zero attached hydrogens (tertiary/aromatic N) is 3. The molecule has 8 heteroatoms. The summed E-state index contributed by atoms with van der Waals surface area (Å²) in [6.07, 6.45) is 2.53. The van der Waals surface area contributed by atoms with E-state index in [4.69, 9.17) is 4.74 Å². The van der Waals surface area contributed by atoms with Crippen molar-refractivity contribution in [1.82, 2.24) is 25.3 Å². The highest BCUT2D eigenvalue weighted by atomic mass is 16.5. The summed E-state index contributed by atoms with van der Waals surface area (Å²) >= 11 is 0. The third-order valence-electron chi connectivity index (χ3n) is 4.29. The fourth-order valence-electron chi connectivity index (χ4n) is 2.79. The summed E-state index contributed by atoms with van der Waals surface area (Å²) < 4.78 is 5.35. The number of morpholine rings is 1. The maximum Gasteiger partial charge on any atom is 0.153 e. The molecule has 0 radical (unpaired) electrons. The molecule has 0 bridgehead atoms. The van der Waals surface area contributed by atoms with Crippen LogP contribution in [-0.4, -0.2) is 64.7 Å². The number of anilines is 3. The van der Waals surface area contributed by atoms with Crippen LogP contribution < -0.4 is 10.6 Å². The van der Waals surface area contributed by atoms with Crippen LogP contribution in [0.2, 0.25) is 0 Å². The molecule has 0 aromatic carbocycles. The maximum atomic E-state index is 5.35. The molecule has 1 saturated heterocycles. The number of rotatable bonds is 7. The molecule has 124 valence electrons. The second-order valence-corrected chi connectivity index (χ2v) is 6.16. The van der Waals surface area contributed by atoms with E-state index in [0.717, 1.165) is 56.8 Å². The standard InChI is InChI=1S/C15H23N7O/c1-2-11(1)12-9-14(20-18-12)17-15-10-13(19-21-15)16-3-4-22-5-7-23-8-6-22/h9-11H,1-8H2,(H4,16,17,18,19,20,21). The Hall–Kier alpha value is -2.06. The van der Waals surface area contributed by atoms with Crippen LogP contribution in [0.25, 0.3) is 0 Å². The number of hydrogen-bond acceptors (Lipinski definition) is 6. The van der Waals surface area contributed by atoms with Crippen molar-refractivity contribution >= 4 is 17.5 Å². The highest BCUT2D eigenvalue weighted by molar-refractivity contribution is 5.56. The number of aromatic amines is 2. The smallest absolute Gasteiger partial charge is 0.153 e. The van der Waals surface area contributed by atoms with Crippen molar-refractivity contribution < 1.29 is 4.74 Å². The van der Waals surface area contributed by atoms with Crippen LogP contribution in [0.4, 0.5) is 17.5 Å². The van der Waals surface area contributed by atoms with Crippen molar-refractivity contribution in [3.05, 3.63) is 17.8 Å². The quantitative estimate of drug-likeness (QED) is 0.618. The first-order valence-corrected chi connectivity index (χ1v) is 8.28. The summed E-state index contributed by atoms with van der Waals surface area (Å²) in [5, 5.41) is 21.2. The van der Waals surface area contributed by atoms with E-state index < -0.39 is 0 Å². The molecule has 0 amide bonds. The second-order valence-electron chi connectivity index (χ2n) is 6.16. The molecule has 3 heterocycles. The summed E-state index contributed by atoms with van der Waals surface area (Å²) in [5.74, 6) is 3.19. The molecule has 4 rings (SSSR count). The molecule has 0 spiro atoms. The van der Waals surface area contributed by atoms with E-state index in [1.54, 1.807) is 0 Å². The topological polar surface area (TPSA) is 93.9 Å². The molecule has 0 unspecified atom stereocenters. The number of H-pyrrole nitrogens is 2. The van der Waals surface area contributed by atoms with E-state index >= 15 is 0 Å². The number of nitrogens with one attached hydrogen (secondary N) is 4. The summed E-state index contributed by atoms with van der Waals surface area (Å²) in [6.45, 7) is 5.57. The molecule has 2 aliphatic rings. The zero-order chi connectivity index (χ0) is 15.5. The molecule has 8 nitrogen and oxygen atoms in total. The van der Waals surface area contributed by atoms with Gasteiger partial charge in [-0.3, -0.25) is 15.1 Å². The molecule has 2 aromatic rings. The van der Waals surface area contributed by atoms with Gasteiger partial charge in [-0.15, -0.1) is 0 Å². The predicted octanol–water partition coefficient (Wildman–Crippen LogP) is 1.50. The fraction of sp³-hybridized carbons (Fsp3) is 0.600. The molecule has 1 saturated carbocycles. The van der Waals surface area contributed by atoms with E-state index in [9.17, 15) is 0 Å². The van der Waals surface area contributed by atoms with Crippen molar-refractivity contribution in [2.24, 2.45) is 0 Å². The lowest BCUT2D eigenvalue weighted by atomic mass is 10.3. The molecule has 1 aliphatic heterocycles. The van der Waals surface area contributed by atoms with E-state index in [1.165, 1.54) is 18.5 Å². The molecule has 23 heavy (non-hydrogen) atoms. The van der Waals surface area contributed by atoms with Gasteiger partial charge in [-0.2, -0.15) is 10.2 Å². The van der Waals surface area contributed by atoms with Gasteiger partial charge < -0.3 is 15.4 Å². The van der Waals surface area contributed by atoms with Crippen molar-refractivity contribution in [3.8, 4) is 0 Å². The average Bonchev–Trinajstić information content (AvgIpc) is 3.17. The van der Waals surface area contributed by atoms with E-state index in [0.29, 0.717) is 5.92 Å². The summed E-state index contributed by atoms with van der Waals surface area (Å²) in [7, 11) is 0. The average molecular weight is 317 g/mol. The Morgan fingerprint density at radius 2 is 1.96 bits per heavy atom. The zero-order valence-electron chi connectivity index (χ0n) is 13.1. The first kappa shape index (κ1) is 14.5. The van der Waals surface area contributed by atoms with Gasteiger partial charge in [0.25, 0.3) is 0 Å². The molecular weight excluding hydrogens is 294 g/mol. The Kier molecular flexibility index (Phi) is 4.16. The minimum atomic E-state index is 0.678. The monoisotopic (exact) mass is 317 g/mol. The second kappa shape index (κ2) is 6.59. The highest BCUT2D eigenvalue weighted by Gasteiger charge is 2.25. The van der Waals surface area contributed by atoms with Crippen molar-refractivity contribution in [2.75, 3.05) is 50.0 Å². The minimum Gasteiger partial charge on any atom is -0.379 e. The van der Waals surface area contributed by atoms with Crippen LogP contribution in [0.5, 0.6) is 0 Å². The van der Waals surface area contributed by atoms with Crippen LogP contribution in [-0.2, 0) is 4.74 Å². The molecule has 0 atom stereocenters. The lowest BCUT2D eigenvalue weighted by Crippen LogP contribution is -2.39. The van der Waals surface area contributed by atoms with Gasteiger partial charge in [0.15, 0.2) is 5.82 Å². The minimum absolute atomic E-state index is 0.678. The van der Waals surface area contributed by atoms with Crippen molar-refractivity contribution in [1.29, 1.82) is 0 Å². The van der Waals surface area contributed by atoms with Gasteiger partial charge in [-0.05, 0) is 12.8 Å². The SMILES string of the molecule is c1c(NCCN2CCOCC2)n[nH]c1Nc1cc(C2CC2)[nH]n1. The molecule has 4 N–H and O–H groups in total. The first-order chi connectivity index (χ1) is 11.4. The van der Waals surface area contributed by atoms with E-state index in [-0.39, 0.29) is 0 Å². The number of ether oxygens (including phenoxy) is 1. The van der Waals surface area contributed by atoms with E-state index in [1.807, 2.05) is 6.07 Å². The van der Waals surface area contributed by atoms with Crippen molar-refractivity contribution in [3.63, 3.8) is 0 Å². The van der Waals surface area contributed by atoms with Gasteiger partial charge in [0, 0.05) is 49.9 Å². The molecular formula is C15H23N7O. The van der Waals surface area contributed by atoms with Crippen LogP contribution in [0, 0.1) is 0 Å². The Labute approximate surface area is 135 Å². The lowest BCUT2D eigenvalue weighted by molar-refractivity contribution is 0.0398. The normalized spacial score (nSPS) is 19.0. The van der Waals surface area contributed by atoms with Crippen LogP contribution in [0.15, 0.2) is 12.1 Å². The third kappa shape index (κ3) is 3.83. The van der Waals surface area contributed by atoms with E-state index in [2.05, 4.69) is 42.0 Å². The lowest BCUT2D eigenvalue weighted by Gasteiger charge is -2.26. The first-order valence-electron chi connectivity index (χ1n) is 8.28. The summed E-state index contributed by atoms with van der Waals surface area (Å²) in [5.41, 5.74) is 1.22. The van der Waals surface area contributed by atoms with Crippen molar-refractivity contribution in [2.45, 2.75) is 18.8 Å². The van der Waals surface area contributed by atoms with Crippen LogP contribution in [0.3, 0.4) is 0 Å². The number of hydrogen-bond donors (Lipinski definition) is 4. The fourth-order valence-corrected chi connectivity index (χ4v) is 2.79. The zero-order valence-corrected chi connectivity index (χ0v) is 13.1. The molecule has 2 aromatic heterocycles. The predicted molar refractivity (Wildman–Crippen MR) is 88.2 cm³/mol. The highest BCUT2D eigenvalue weighted by Crippen LogP contribution is 2.39. The number of aromatic nitrogens is 4. The van der Waals surface area contributed by atoms with Gasteiger partial charge in [-0.1, -0.05) is 0 Å². The molecule has 2 fully saturated rings. The van der Waals surface area contributed by atoms with Gasteiger partial charge in [0.05, 0.1) is 13.2 Å². The summed E-state index contributed by atoms with van der Waals surface area (Å²) in [4.78, 5) is 2.39. The Morgan fingerprint density at radius 1 is 1.13 bits per heavy atom. The third-order valence-corrected chi connectivity index (χ3v) is 4.29. The Bertz CT molecular complexity index is 627. The van der Waals surface area contributed by atoms with Gasteiger partial charge in [0.2, 0.25) is 0 Å². The Morgan fingerprint density at radius 3 is 2.78 bits per heavy atom. The maximum absolute atomic E-state index is 5.35. The van der Waals surface area contributed by atoms with Gasteiger partial charge >= 0.3 is 0 Å². The Balaban J connectivity index is 1.24. The largest absolute Gasteiger partial charge is 0.379 e. The summed E-state index contributed by atoms with van der Waals surface area (Å²) in [6, 6.07) is 4.04.